The normalized spacial score (nSPS) is 10.8. The highest BCUT2D eigenvalue weighted by Crippen LogP contribution is 2.21. The Bertz CT molecular complexity index is 704. The smallest absolute Gasteiger partial charge is 0.258 e. The van der Waals surface area contributed by atoms with Crippen LogP contribution in [0.25, 0.3) is 11.1 Å². The van der Waals surface area contributed by atoms with Crippen LogP contribution in [0, 0.1) is 0 Å². The number of nitrogens with one attached hydrogen (secondary N) is 2. The van der Waals surface area contributed by atoms with Gasteiger partial charge in [0.05, 0.1) is 6.54 Å². The van der Waals surface area contributed by atoms with E-state index in [2.05, 4.69) is 10.6 Å². The molecule has 2 aromatic carbocycles. The van der Waals surface area contributed by atoms with Gasteiger partial charge < -0.3 is 15.4 Å². The molecule has 0 saturated carbocycles. The standard InChI is InChI=1S/C20H24N2O3/c1-20(2,3)22-18(23)13-21-19(24)14-25-17-11-9-16(10-12-17)15-7-5-4-6-8-15/h4-12H,13-14H2,1-3H3,(H,21,24)(H,22,23). The zero-order valence-electron chi connectivity index (χ0n) is 14.8. The minimum atomic E-state index is -0.337. The molecule has 0 bridgehead atoms. The number of carbonyl (C=O) groups excluding carboxylic acids is 2. The fourth-order valence-corrected chi connectivity index (χ4v) is 2.22. The zero-order valence-corrected chi connectivity index (χ0v) is 14.8. The Kier molecular flexibility index (Phi) is 6.17. The first-order chi connectivity index (χ1) is 11.8. The molecule has 2 rings (SSSR count). The fraction of sp³-hybridized carbons (Fsp3) is 0.300. The van der Waals surface area contributed by atoms with Crippen LogP contribution in [0.3, 0.4) is 0 Å². The summed E-state index contributed by atoms with van der Waals surface area (Å²) in [6.45, 7) is 5.46. The summed E-state index contributed by atoms with van der Waals surface area (Å²) in [6, 6.07) is 17.5. The second-order valence-electron chi connectivity index (χ2n) is 6.75. The molecule has 2 aromatic rings. The van der Waals surface area contributed by atoms with Crippen LogP contribution in [0.15, 0.2) is 54.6 Å². The lowest BCUT2D eigenvalue weighted by molar-refractivity contribution is -0.127. The van der Waals surface area contributed by atoms with E-state index in [-0.39, 0.29) is 30.5 Å². The van der Waals surface area contributed by atoms with Crippen molar-refractivity contribution in [3.63, 3.8) is 0 Å². The van der Waals surface area contributed by atoms with E-state index in [9.17, 15) is 9.59 Å². The molecule has 0 saturated heterocycles. The van der Waals surface area contributed by atoms with Gasteiger partial charge in [-0.25, -0.2) is 0 Å². The molecule has 0 aliphatic rings. The molecular weight excluding hydrogens is 316 g/mol. The molecule has 0 aliphatic carbocycles. The first-order valence-electron chi connectivity index (χ1n) is 8.19. The van der Waals surface area contributed by atoms with Crippen LogP contribution in [0.5, 0.6) is 5.75 Å². The lowest BCUT2D eigenvalue weighted by Gasteiger charge is -2.20. The van der Waals surface area contributed by atoms with Gasteiger partial charge in [0.2, 0.25) is 5.91 Å². The largest absolute Gasteiger partial charge is 0.484 e. The summed E-state index contributed by atoms with van der Waals surface area (Å²) in [5, 5.41) is 5.31. The van der Waals surface area contributed by atoms with Crippen molar-refractivity contribution >= 4 is 11.8 Å². The Morgan fingerprint density at radius 3 is 2.08 bits per heavy atom. The maximum atomic E-state index is 11.8. The van der Waals surface area contributed by atoms with Gasteiger partial charge in [0.1, 0.15) is 5.75 Å². The molecule has 5 nitrogen and oxygen atoms in total. The van der Waals surface area contributed by atoms with Gasteiger partial charge in [-0.15, -0.1) is 0 Å². The molecule has 2 N–H and O–H groups in total. The SMILES string of the molecule is CC(C)(C)NC(=O)CNC(=O)COc1ccc(-c2ccccc2)cc1. The zero-order chi connectivity index (χ0) is 18.3. The molecule has 0 fully saturated rings. The van der Waals surface area contributed by atoms with E-state index in [0.29, 0.717) is 5.75 Å². The van der Waals surface area contributed by atoms with Crippen LogP contribution in [0.4, 0.5) is 0 Å². The Hall–Kier alpha value is -2.82. The minimum Gasteiger partial charge on any atom is -0.484 e. The van der Waals surface area contributed by atoms with Gasteiger partial charge in [0.15, 0.2) is 6.61 Å². The van der Waals surface area contributed by atoms with Crippen molar-refractivity contribution in [2.24, 2.45) is 0 Å². The second kappa shape index (κ2) is 8.33. The quantitative estimate of drug-likeness (QED) is 0.850. The molecule has 0 atom stereocenters. The third-order valence-corrected chi connectivity index (χ3v) is 3.29. The lowest BCUT2D eigenvalue weighted by Crippen LogP contribution is -2.46. The molecule has 0 aromatic heterocycles. The summed E-state index contributed by atoms with van der Waals surface area (Å²) in [5.74, 6) is 0.0400. The fourth-order valence-electron chi connectivity index (χ4n) is 2.22. The predicted molar refractivity (Wildman–Crippen MR) is 98.3 cm³/mol. The number of hydrogen-bond acceptors (Lipinski definition) is 3. The van der Waals surface area contributed by atoms with Gasteiger partial charge in [-0.05, 0) is 44.0 Å². The highest BCUT2D eigenvalue weighted by atomic mass is 16.5. The molecule has 25 heavy (non-hydrogen) atoms. The van der Waals surface area contributed by atoms with E-state index in [1.54, 1.807) is 0 Å². The minimum absolute atomic E-state index is 0.0631. The molecule has 0 heterocycles. The Balaban J connectivity index is 1.77. The van der Waals surface area contributed by atoms with Crippen molar-refractivity contribution < 1.29 is 14.3 Å². The van der Waals surface area contributed by atoms with Crippen LogP contribution < -0.4 is 15.4 Å². The predicted octanol–water partition coefficient (Wildman–Crippen LogP) is 2.76. The average Bonchev–Trinajstić information content (AvgIpc) is 2.58. The lowest BCUT2D eigenvalue weighted by atomic mass is 10.1. The third kappa shape index (κ3) is 6.67. The number of hydrogen-bond donors (Lipinski definition) is 2. The van der Waals surface area contributed by atoms with Crippen LogP contribution in [0.1, 0.15) is 20.8 Å². The maximum Gasteiger partial charge on any atom is 0.258 e. The summed E-state index contributed by atoms with van der Waals surface area (Å²) in [6.07, 6.45) is 0. The molecule has 0 aliphatic heterocycles. The molecular formula is C20H24N2O3. The summed E-state index contributed by atoms with van der Waals surface area (Å²) >= 11 is 0. The van der Waals surface area contributed by atoms with Crippen molar-refractivity contribution in [2.45, 2.75) is 26.3 Å². The van der Waals surface area contributed by atoms with Crippen LogP contribution in [-0.2, 0) is 9.59 Å². The summed E-state index contributed by atoms with van der Waals surface area (Å²) in [7, 11) is 0. The number of carbonyl (C=O) groups is 2. The van der Waals surface area contributed by atoms with E-state index in [4.69, 9.17) is 4.74 Å². The number of rotatable bonds is 6. The van der Waals surface area contributed by atoms with E-state index < -0.39 is 0 Å². The highest BCUT2D eigenvalue weighted by Gasteiger charge is 2.14. The van der Waals surface area contributed by atoms with Gasteiger partial charge in [0.25, 0.3) is 5.91 Å². The molecule has 0 radical (unpaired) electrons. The summed E-state index contributed by atoms with van der Waals surface area (Å²) in [5.41, 5.74) is 1.88. The molecule has 0 spiro atoms. The van der Waals surface area contributed by atoms with Crippen molar-refractivity contribution in [1.82, 2.24) is 10.6 Å². The van der Waals surface area contributed by atoms with Crippen molar-refractivity contribution in [3.8, 4) is 16.9 Å². The average molecular weight is 340 g/mol. The van der Waals surface area contributed by atoms with Crippen molar-refractivity contribution in [1.29, 1.82) is 0 Å². The topological polar surface area (TPSA) is 67.4 Å². The summed E-state index contributed by atoms with van der Waals surface area (Å²) in [4.78, 5) is 23.4. The first-order valence-corrected chi connectivity index (χ1v) is 8.19. The van der Waals surface area contributed by atoms with E-state index in [1.165, 1.54) is 0 Å². The highest BCUT2D eigenvalue weighted by molar-refractivity contribution is 5.85. The monoisotopic (exact) mass is 340 g/mol. The summed E-state index contributed by atoms with van der Waals surface area (Å²) < 4.78 is 5.45. The second-order valence-corrected chi connectivity index (χ2v) is 6.75. The Morgan fingerprint density at radius 1 is 0.880 bits per heavy atom. The van der Waals surface area contributed by atoms with E-state index in [0.717, 1.165) is 11.1 Å². The first kappa shape index (κ1) is 18.5. The van der Waals surface area contributed by atoms with Crippen LogP contribution in [0.2, 0.25) is 0 Å². The van der Waals surface area contributed by atoms with E-state index >= 15 is 0 Å². The van der Waals surface area contributed by atoms with Gasteiger partial charge in [-0.1, -0.05) is 42.5 Å². The molecule has 132 valence electrons. The van der Waals surface area contributed by atoms with Crippen molar-refractivity contribution in [2.75, 3.05) is 13.2 Å². The van der Waals surface area contributed by atoms with Gasteiger partial charge in [-0.3, -0.25) is 9.59 Å². The van der Waals surface area contributed by atoms with Crippen LogP contribution >= 0.6 is 0 Å². The van der Waals surface area contributed by atoms with Gasteiger partial charge in [-0.2, -0.15) is 0 Å². The van der Waals surface area contributed by atoms with Gasteiger partial charge >= 0.3 is 0 Å². The molecule has 5 heteroatoms. The number of ether oxygens (including phenoxy) is 1. The molecule has 2 amide bonds. The Morgan fingerprint density at radius 2 is 1.48 bits per heavy atom. The molecule has 0 unspecified atom stereocenters. The number of benzene rings is 2. The maximum absolute atomic E-state index is 11.8. The Labute approximate surface area is 148 Å². The van der Waals surface area contributed by atoms with Gasteiger partial charge in [0, 0.05) is 5.54 Å². The van der Waals surface area contributed by atoms with Crippen LogP contribution in [-0.4, -0.2) is 30.5 Å². The third-order valence-electron chi connectivity index (χ3n) is 3.29. The number of amides is 2. The van der Waals surface area contributed by atoms with E-state index in [1.807, 2.05) is 75.4 Å². The van der Waals surface area contributed by atoms with Crippen molar-refractivity contribution in [3.05, 3.63) is 54.6 Å².